The van der Waals surface area contributed by atoms with Gasteiger partial charge in [-0.2, -0.15) is 0 Å². The van der Waals surface area contributed by atoms with Gasteiger partial charge in [-0.3, -0.25) is 0 Å². The van der Waals surface area contributed by atoms with E-state index in [0.29, 0.717) is 0 Å². The van der Waals surface area contributed by atoms with E-state index in [4.69, 9.17) is 16.7 Å². The van der Waals surface area contributed by atoms with Crippen molar-refractivity contribution in [1.29, 1.82) is 0 Å². The Morgan fingerprint density at radius 1 is 1.86 bits per heavy atom. The molecule has 0 saturated carbocycles. The number of carboxylic acids is 1. The highest BCUT2D eigenvalue weighted by atomic mass is 35.5. The van der Waals surface area contributed by atoms with Gasteiger partial charge in [0.1, 0.15) is 0 Å². The van der Waals surface area contributed by atoms with Crippen molar-refractivity contribution in [3.63, 3.8) is 0 Å². The van der Waals surface area contributed by atoms with E-state index in [-0.39, 0.29) is 5.88 Å². The predicted molar refractivity (Wildman–Crippen MR) is 27.5 cm³/mol. The Kier molecular flexibility index (Phi) is 3.42. The minimum absolute atomic E-state index is 0.256. The SMILES string of the molecule is O=C(O)/C=C\CCl. The van der Waals surface area contributed by atoms with Crippen molar-refractivity contribution in [3.8, 4) is 0 Å². The molecule has 0 spiro atoms. The van der Waals surface area contributed by atoms with Gasteiger partial charge in [-0.1, -0.05) is 6.08 Å². The number of carboxylic acid groups (broad SMARTS) is 1. The second kappa shape index (κ2) is 3.68. The first kappa shape index (κ1) is 6.50. The van der Waals surface area contributed by atoms with E-state index in [1.807, 2.05) is 0 Å². The molecule has 0 radical (unpaired) electrons. The third-order valence-corrected chi connectivity index (χ3v) is 0.528. The van der Waals surface area contributed by atoms with Crippen molar-refractivity contribution in [2.45, 2.75) is 0 Å². The molecular weight excluding hydrogens is 115 g/mol. The van der Waals surface area contributed by atoms with Crippen LogP contribution in [-0.4, -0.2) is 17.0 Å². The standard InChI is InChI=1S/C4H5ClO2/c5-3-1-2-4(6)7/h1-2H,3H2,(H,6,7)/b2-1-. The minimum atomic E-state index is -0.958. The number of rotatable bonds is 2. The lowest BCUT2D eigenvalue weighted by Gasteiger charge is -1.72. The molecule has 0 saturated heterocycles. The average molecular weight is 121 g/mol. The Bertz CT molecular complexity index is 87.7. The van der Waals surface area contributed by atoms with Gasteiger partial charge in [0.2, 0.25) is 0 Å². The van der Waals surface area contributed by atoms with Crippen LogP contribution in [-0.2, 0) is 4.79 Å². The molecule has 0 aromatic heterocycles. The fourth-order valence-electron chi connectivity index (χ4n) is 0.145. The third kappa shape index (κ3) is 5.50. The zero-order valence-corrected chi connectivity index (χ0v) is 4.35. The minimum Gasteiger partial charge on any atom is -0.478 e. The van der Waals surface area contributed by atoms with Crippen molar-refractivity contribution < 1.29 is 9.90 Å². The van der Waals surface area contributed by atoms with Crippen LogP contribution in [0.15, 0.2) is 12.2 Å². The van der Waals surface area contributed by atoms with Gasteiger partial charge in [0.05, 0.1) is 0 Å². The van der Waals surface area contributed by atoms with Gasteiger partial charge < -0.3 is 5.11 Å². The molecule has 0 aliphatic carbocycles. The summed E-state index contributed by atoms with van der Waals surface area (Å²) in [6.07, 6.45) is 2.37. The smallest absolute Gasteiger partial charge is 0.328 e. The van der Waals surface area contributed by atoms with Gasteiger partial charge in [-0.15, -0.1) is 11.6 Å². The Morgan fingerprint density at radius 2 is 2.43 bits per heavy atom. The first-order valence-electron chi connectivity index (χ1n) is 1.73. The molecule has 0 atom stereocenters. The van der Waals surface area contributed by atoms with Crippen LogP contribution >= 0.6 is 11.6 Å². The van der Waals surface area contributed by atoms with Crippen LogP contribution < -0.4 is 0 Å². The van der Waals surface area contributed by atoms with E-state index >= 15 is 0 Å². The molecule has 3 heteroatoms. The molecule has 0 amide bonds. The first-order valence-corrected chi connectivity index (χ1v) is 2.26. The van der Waals surface area contributed by atoms with Crippen molar-refractivity contribution in [2.75, 3.05) is 5.88 Å². The van der Waals surface area contributed by atoms with E-state index in [1.54, 1.807) is 0 Å². The zero-order valence-electron chi connectivity index (χ0n) is 3.60. The van der Waals surface area contributed by atoms with Crippen LogP contribution in [0.4, 0.5) is 0 Å². The lowest BCUT2D eigenvalue weighted by molar-refractivity contribution is -0.131. The van der Waals surface area contributed by atoms with Crippen LogP contribution in [0.5, 0.6) is 0 Å². The fraction of sp³-hybridized carbons (Fsp3) is 0.250. The molecule has 1 N–H and O–H groups in total. The monoisotopic (exact) mass is 120 g/mol. The van der Waals surface area contributed by atoms with Crippen molar-refractivity contribution >= 4 is 17.6 Å². The van der Waals surface area contributed by atoms with Gasteiger partial charge in [0.15, 0.2) is 0 Å². The Balaban J connectivity index is 3.26. The highest BCUT2D eigenvalue weighted by Gasteiger charge is 1.79. The summed E-state index contributed by atoms with van der Waals surface area (Å²) in [5.74, 6) is -0.701. The summed E-state index contributed by atoms with van der Waals surface area (Å²) in [7, 11) is 0. The second-order valence-corrected chi connectivity index (χ2v) is 1.20. The molecule has 0 fully saturated rings. The van der Waals surface area contributed by atoms with Crippen molar-refractivity contribution in [2.24, 2.45) is 0 Å². The van der Waals surface area contributed by atoms with Crippen LogP contribution in [0.25, 0.3) is 0 Å². The van der Waals surface area contributed by atoms with Gasteiger partial charge in [-0.05, 0) is 0 Å². The molecular formula is C4H5ClO2. The number of carbonyl (C=O) groups is 1. The zero-order chi connectivity index (χ0) is 5.70. The Morgan fingerprint density at radius 3 is 2.57 bits per heavy atom. The predicted octanol–water partition coefficient (Wildman–Crippen LogP) is 0.866. The van der Waals surface area contributed by atoms with E-state index in [2.05, 4.69) is 0 Å². The molecule has 0 aliphatic heterocycles. The highest BCUT2D eigenvalue weighted by molar-refractivity contribution is 6.19. The molecule has 40 valence electrons. The average Bonchev–Trinajstić information content (AvgIpc) is 1.61. The first-order chi connectivity index (χ1) is 3.27. The number of allylic oxidation sites excluding steroid dienone is 1. The van der Waals surface area contributed by atoms with E-state index in [9.17, 15) is 4.79 Å². The summed E-state index contributed by atoms with van der Waals surface area (Å²) in [6.45, 7) is 0. The topological polar surface area (TPSA) is 37.3 Å². The van der Waals surface area contributed by atoms with Crippen LogP contribution in [0.1, 0.15) is 0 Å². The van der Waals surface area contributed by atoms with Crippen LogP contribution in [0.3, 0.4) is 0 Å². The van der Waals surface area contributed by atoms with E-state index < -0.39 is 5.97 Å². The normalized spacial score (nSPS) is 9.86. The summed E-state index contributed by atoms with van der Waals surface area (Å²) in [5.41, 5.74) is 0. The molecule has 0 heterocycles. The molecule has 2 nitrogen and oxygen atoms in total. The highest BCUT2D eigenvalue weighted by Crippen LogP contribution is 1.76. The van der Waals surface area contributed by atoms with Crippen molar-refractivity contribution in [3.05, 3.63) is 12.2 Å². The van der Waals surface area contributed by atoms with Crippen LogP contribution in [0.2, 0.25) is 0 Å². The molecule has 0 aromatic carbocycles. The number of hydrogen-bond acceptors (Lipinski definition) is 1. The summed E-state index contributed by atoms with van der Waals surface area (Å²) >= 11 is 5.10. The van der Waals surface area contributed by atoms with Gasteiger partial charge >= 0.3 is 5.97 Å². The lowest BCUT2D eigenvalue weighted by Crippen LogP contribution is -1.85. The van der Waals surface area contributed by atoms with Gasteiger partial charge in [0.25, 0.3) is 0 Å². The van der Waals surface area contributed by atoms with E-state index in [1.165, 1.54) is 6.08 Å². The lowest BCUT2D eigenvalue weighted by atomic mass is 10.5. The number of halogens is 1. The number of alkyl halides is 1. The molecule has 0 unspecified atom stereocenters. The maximum Gasteiger partial charge on any atom is 0.328 e. The quantitative estimate of drug-likeness (QED) is 0.434. The summed E-state index contributed by atoms with van der Waals surface area (Å²) in [5, 5.41) is 7.90. The van der Waals surface area contributed by atoms with E-state index in [0.717, 1.165) is 6.08 Å². The molecule has 0 bridgehead atoms. The Labute approximate surface area is 46.4 Å². The molecule has 7 heavy (non-hydrogen) atoms. The second-order valence-electron chi connectivity index (χ2n) is 0.895. The van der Waals surface area contributed by atoms with Crippen molar-refractivity contribution in [1.82, 2.24) is 0 Å². The maximum absolute atomic E-state index is 9.61. The molecule has 0 rings (SSSR count). The Hall–Kier alpha value is -0.500. The third-order valence-electron chi connectivity index (χ3n) is 0.350. The fourth-order valence-corrected chi connectivity index (χ4v) is 0.234. The van der Waals surface area contributed by atoms with Gasteiger partial charge in [0, 0.05) is 12.0 Å². The number of hydrogen-bond donors (Lipinski definition) is 1. The summed E-state index contributed by atoms with van der Waals surface area (Å²) in [4.78, 5) is 9.61. The summed E-state index contributed by atoms with van der Waals surface area (Å²) in [6, 6.07) is 0. The molecule has 0 aromatic rings. The molecule has 0 aliphatic rings. The number of aliphatic carboxylic acids is 1. The maximum atomic E-state index is 9.61. The largest absolute Gasteiger partial charge is 0.478 e. The summed E-state index contributed by atoms with van der Waals surface area (Å²) < 4.78 is 0. The van der Waals surface area contributed by atoms with Gasteiger partial charge in [-0.25, -0.2) is 4.79 Å². The van der Waals surface area contributed by atoms with Crippen LogP contribution in [0, 0.1) is 0 Å².